The molecule has 0 aliphatic heterocycles. The van der Waals surface area contributed by atoms with Crippen LogP contribution in [0.25, 0.3) is 0 Å². The van der Waals surface area contributed by atoms with Gasteiger partial charge < -0.3 is 11.1 Å². The maximum Gasteiger partial charge on any atom is 0.126 e. The summed E-state index contributed by atoms with van der Waals surface area (Å²) in [5.41, 5.74) is 6.43. The largest absolute Gasteiger partial charge is 0.381 e. The Labute approximate surface area is 88.7 Å². The van der Waals surface area contributed by atoms with E-state index >= 15 is 0 Å². The number of hydrogen-bond donors (Lipinski definition) is 2. The number of nitrogens with zero attached hydrogens (tertiary/aromatic N) is 1. The normalized spacial score (nSPS) is 11.9. The van der Waals surface area contributed by atoms with Crippen molar-refractivity contribution < 1.29 is 4.39 Å². The molecule has 0 radical (unpaired) electrons. The molecule has 3 N–H and O–H groups in total. The van der Waals surface area contributed by atoms with Crippen LogP contribution in [0.15, 0.2) is 18.2 Å². The summed E-state index contributed by atoms with van der Waals surface area (Å²) in [6, 6.07) is 6.19. The van der Waals surface area contributed by atoms with E-state index in [0.717, 1.165) is 6.42 Å². The van der Waals surface area contributed by atoms with Crippen molar-refractivity contribution in [2.45, 2.75) is 19.4 Å². The van der Waals surface area contributed by atoms with Crippen molar-refractivity contribution in [1.29, 1.82) is 5.26 Å². The summed E-state index contributed by atoms with van der Waals surface area (Å²) in [6.07, 6.45) is 0.856. The van der Waals surface area contributed by atoms with E-state index < -0.39 is 5.82 Å². The highest BCUT2D eigenvalue weighted by atomic mass is 19.1. The smallest absolute Gasteiger partial charge is 0.126 e. The van der Waals surface area contributed by atoms with E-state index in [1.165, 1.54) is 12.1 Å². The molecule has 0 spiro atoms. The zero-order valence-corrected chi connectivity index (χ0v) is 8.63. The third-order valence-corrected chi connectivity index (χ3v) is 2.17. The lowest BCUT2D eigenvalue weighted by Crippen LogP contribution is -2.27. The summed E-state index contributed by atoms with van der Waals surface area (Å²) in [6.45, 7) is 2.48. The third kappa shape index (κ3) is 3.22. The Morgan fingerprint density at radius 3 is 2.80 bits per heavy atom. The van der Waals surface area contributed by atoms with E-state index in [1.807, 2.05) is 13.0 Å². The van der Waals surface area contributed by atoms with Gasteiger partial charge in [0.25, 0.3) is 0 Å². The lowest BCUT2D eigenvalue weighted by molar-refractivity contribution is 0.626. The van der Waals surface area contributed by atoms with Gasteiger partial charge >= 0.3 is 0 Å². The highest BCUT2D eigenvalue weighted by Gasteiger charge is 2.05. The second-order valence-electron chi connectivity index (χ2n) is 3.33. The summed E-state index contributed by atoms with van der Waals surface area (Å²) in [5, 5.41) is 11.7. The highest BCUT2D eigenvalue weighted by Crippen LogP contribution is 2.14. The molecule has 1 aromatic rings. The Balaban J connectivity index is 2.85. The number of nitriles is 1. The summed E-state index contributed by atoms with van der Waals surface area (Å²) < 4.78 is 13.1. The number of nitrogens with one attached hydrogen (secondary N) is 1. The highest BCUT2D eigenvalue weighted by molar-refractivity contribution is 5.50. The molecule has 0 saturated heterocycles. The number of halogens is 1. The quantitative estimate of drug-likeness (QED) is 0.792. The van der Waals surface area contributed by atoms with E-state index in [2.05, 4.69) is 5.32 Å². The van der Waals surface area contributed by atoms with Crippen LogP contribution < -0.4 is 11.1 Å². The second-order valence-corrected chi connectivity index (χ2v) is 3.33. The van der Waals surface area contributed by atoms with E-state index in [4.69, 9.17) is 11.0 Å². The minimum atomic E-state index is -0.413. The first-order chi connectivity index (χ1) is 7.19. The Hall–Kier alpha value is -1.60. The van der Waals surface area contributed by atoms with Crippen LogP contribution in [0.1, 0.15) is 18.9 Å². The van der Waals surface area contributed by atoms with Crippen LogP contribution in [-0.2, 0) is 0 Å². The van der Waals surface area contributed by atoms with Crippen LogP contribution in [0.4, 0.5) is 10.1 Å². The van der Waals surface area contributed by atoms with Crippen molar-refractivity contribution in [3.63, 3.8) is 0 Å². The minimum absolute atomic E-state index is 0.110. The van der Waals surface area contributed by atoms with Crippen molar-refractivity contribution in [2.75, 3.05) is 11.9 Å². The molecule has 0 aliphatic rings. The zero-order valence-electron chi connectivity index (χ0n) is 8.63. The fourth-order valence-corrected chi connectivity index (χ4v) is 1.30. The molecule has 1 unspecified atom stereocenters. The Morgan fingerprint density at radius 2 is 2.27 bits per heavy atom. The predicted molar refractivity (Wildman–Crippen MR) is 57.9 cm³/mol. The summed E-state index contributed by atoms with van der Waals surface area (Å²) in [4.78, 5) is 0. The third-order valence-electron chi connectivity index (χ3n) is 2.17. The molecule has 0 fully saturated rings. The topological polar surface area (TPSA) is 61.8 Å². The standard InChI is InChI=1S/C11H14FN3/c1-2-10(7-14)15-11-4-8(6-13)3-9(12)5-11/h3-5,10,15H,2,7,14H2,1H3. The van der Waals surface area contributed by atoms with E-state index in [9.17, 15) is 4.39 Å². The molecular formula is C11H14FN3. The van der Waals surface area contributed by atoms with Gasteiger partial charge in [-0.2, -0.15) is 5.26 Å². The molecule has 15 heavy (non-hydrogen) atoms. The van der Waals surface area contributed by atoms with Gasteiger partial charge in [0.1, 0.15) is 5.82 Å². The van der Waals surface area contributed by atoms with Crippen molar-refractivity contribution in [1.82, 2.24) is 0 Å². The fourth-order valence-electron chi connectivity index (χ4n) is 1.30. The van der Waals surface area contributed by atoms with Gasteiger partial charge in [0.05, 0.1) is 11.6 Å². The van der Waals surface area contributed by atoms with Crippen molar-refractivity contribution in [2.24, 2.45) is 5.73 Å². The average molecular weight is 207 g/mol. The molecule has 4 heteroatoms. The fraction of sp³-hybridized carbons (Fsp3) is 0.364. The van der Waals surface area contributed by atoms with Gasteiger partial charge in [0.15, 0.2) is 0 Å². The van der Waals surface area contributed by atoms with E-state index in [0.29, 0.717) is 17.8 Å². The molecule has 0 aromatic heterocycles. The van der Waals surface area contributed by atoms with E-state index in [1.54, 1.807) is 6.07 Å². The van der Waals surface area contributed by atoms with Crippen LogP contribution in [-0.4, -0.2) is 12.6 Å². The SMILES string of the molecule is CCC(CN)Nc1cc(F)cc(C#N)c1. The van der Waals surface area contributed by atoms with Gasteiger partial charge in [0.2, 0.25) is 0 Å². The predicted octanol–water partition coefficient (Wildman–Crippen LogP) is 1.85. The number of anilines is 1. The Kier molecular flexibility index (Phi) is 4.07. The van der Waals surface area contributed by atoms with Crippen molar-refractivity contribution in [3.8, 4) is 6.07 Å². The maximum absolute atomic E-state index is 13.1. The van der Waals surface area contributed by atoms with Crippen LogP contribution in [0.2, 0.25) is 0 Å². The van der Waals surface area contributed by atoms with E-state index in [-0.39, 0.29) is 6.04 Å². The first-order valence-electron chi connectivity index (χ1n) is 4.87. The zero-order chi connectivity index (χ0) is 11.3. The average Bonchev–Trinajstić information content (AvgIpc) is 2.25. The first kappa shape index (κ1) is 11.5. The number of rotatable bonds is 4. The Morgan fingerprint density at radius 1 is 1.53 bits per heavy atom. The lowest BCUT2D eigenvalue weighted by atomic mass is 10.1. The summed E-state index contributed by atoms with van der Waals surface area (Å²) in [7, 11) is 0. The first-order valence-corrected chi connectivity index (χ1v) is 4.87. The van der Waals surface area contributed by atoms with Crippen molar-refractivity contribution in [3.05, 3.63) is 29.6 Å². The molecule has 0 amide bonds. The maximum atomic E-state index is 13.1. The minimum Gasteiger partial charge on any atom is -0.381 e. The number of nitrogens with two attached hydrogens (primary N) is 1. The van der Waals surface area contributed by atoms with Crippen LogP contribution >= 0.6 is 0 Å². The molecule has 80 valence electrons. The van der Waals surface area contributed by atoms with Gasteiger partial charge in [0, 0.05) is 18.3 Å². The van der Waals surface area contributed by atoms with Gasteiger partial charge in [-0.05, 0) is 24.6 Å². The molecule has 3 nitrogen and oxygen atoms in total. The van der Waals surface area contributed by atoms with Gasteiger partial charge in [-0.3, -0.25) is 0 Å². The van der Waals surface area contributed by atoms with Crippen LogP contribution in [0.3, 0.4) is 0 Å². The second kappa shape index (κ2) is 5.32. The molecule has 1 atom stereocenters. The molecule has 0 heterocycles. The van der Waals surface area contributed by atoms with Crippen LogP contribution in [0.5, 0.6) is 0 Å². The van der Waals surface area contributed by atoms with Crippen LogP contribution in [0, 0.1) is 17.1 Å². The number of benzene rings is 1. The molecule has 1 aromatic carbocycles. The van der Waals surface area contributed by atoms with Gasteiger partial charge in [-0.15, -0.1) is 0 Å². The Bertz CT molecular complexity index is 367. The van der Waals surface area contributed by atoms with Crippen molar-refractivity contribution >= 4 is 5.69 Å². The monoisotopic (exact) mass is 207 g/mol. The molecule has 0 saturated carbocycles. The molecule has 0 bridgehead atoms. The summed E-state index contributed by atoms with van der Waals surface area (Å²) >= 11 is 0. The van der Waals surface area contributed by atoms with Gasteiger partial charge in [-0.25, -0.2) is 4.39 Å². The lowest BCUT2D eigenvalue weighted by Gasteiger charge is -2.16. The molecule has 1 rings (SSSR count). The molecule has 0 aliphatic carbocycles. The summed E-state index contributed by atoms with van der Waals surface area (Å²) in [5.74, 6) is -0.413. The molecular weight excluding hydrogens is 193 g/mol. The number of hydrogen-bond acceptors (Lipinski definition) is 3. The van der Waals surface area contributed by atoms with Gasteiger partial charge in [-0.1, -0.05) is 6.92 Å².